The summed E-state index contributed by atoms with van der Waals surface area (Å²) in [7, 11) is 1.11. The van der Waals surface area contributed by atoms with E-state index in [0.29, 0.717) is 12.8 Å². The highest BCUT2D eigenvalue weighted by Crippen LogP contribution is 2.46. The van der Waals surface area contributed by atoms with Crippen LogP contribution in [0, 0.1) is 17.5 Å². The normalized spacial score (nSPS) is 17.7. The summed E-state index contributed by atoms with van der Waals surface area (Å²) in [4.78, 5) is 0. The molecule has 1 aromatic carbocycles. The highest BCUT2D eigenvalue weighted by molar-refractivity contribution is 5.39. The number of hydrogen-bond donors (Lipinski definition) is 1. The zero-order chi connectivity index (χ0) is 12.6. The maximum absolute atomic E-state index is 14.0. The van der Waals surface area contributed by atoms with Crippen molar-refractivity contribution in [1.29, 1.82) is 0 Å². The monoisotopic (exact) mass is 245 g/mol. The largest absolute Gasteiger partial charge is 0.491 e. The number of ether oxygens (including phenoxy) is 1. The van der Waals surface area contributed by atoms with Gasteiger partial charge >= 0.3 is 0 Å². The van der Waals surface area contributed by atoms with Gasteiger partial charge in [-0.2, -0.15) is 4.39 Å². The zero-order valence-corrected chi connectivity index (χ0v) is 9.53. The maximum Gasteiger partial charge on any atom is 0.203 e. The summed E-state index contributed by atoms with van der Waals surface area (Å²) in [6.07, 6.45) is 2.29. The molecular weight excluding hydrogens is 231 g/mol. The Balaban J connectivity index is 2.58. The Morgan fingerprint density at radius 3 is 2.35 bits per heavy atom. The van der Waals surface area contributed by atoms with E-state index < -0.39 is 28.6 Å². The fraction of sp³-hybridized carbons (Fsp3) is 0.500. The molecule has 0 aliphatic heterocycles. The highest BCUT2D eigenvalue weighted by Gasteiger charge is 2.41. The van der Waals surface area contributed by atoms with Crippen LogP contribution in [0.25, 0.3) is 0 Å². The van der Waals surface area contributed by atoms with E-state index in [0.717, 1.165) is 19.6 Å². The van der Waals surface area contributed by atoms with Gasteiger partial charge in [0.2, 0.25) is 5.82 Å². The van der Waals surface area contributed by atoms with Gasteiger partial charge < -0.3 is 10.5 Å². The van der Waals surface area contributed by atoms with Gasteiger partial charge in [-0.05, 0) is 18.9 Å². The number of halogens is 3. The van der Waals surface area contributed by atoms with Gasteiger partial charge in [0.05, 0.1) is 7.11 Å². The summed E-state index contributed by atoms with van der Waals surface area (Å²) in [6, 6.07) is 0.902. The third-order valence-corrected chi connectivity index (χ3v) is 3.59. The summed E-state index contributed by atoms with van der Waals surface area (Å²) in [5.74, 6) is -3.89. The molecule has 0 aromatic heterocycles. The van der Waals surface area contributed by atoms with Crippen LogP contribution in [0.2, 0.25) is 0 Å². The Morgan fingerprint density at radius 1 is 1.29 bits per heavy atom. The highest BCUT2D eigenvalue weighted by atomic mass is 19.2. The summed E-state index contributed by atoms with van der Waals surface area (Å²) < 4.78 is 45.3. The van der Waals surface area contributed by atoms with Gasteiger partial charge in [0.25, 0.3) is 0 Å². The summed E-state index contributed by atoms with van der Waals surface area (Å²) >= 11 is 0. The molecule has 17 heavy (non-hydrogen) atoms. The number of nitrogens with two attached hydrogens (primary N) is 1. The molecule has 1 aliphatic carbocycles. The van der Waals surface area contributed by atoms with Crippen molar-refractivity contribution in [1.82, 2.24) is 0 Å². The zero-order valence-electron chi connectivity index (χ0n) is 9.53. The molecule has 0 atom stereocenters. The van der Waals surface area contributed by atoms with Crippen LogP contribution in [0.1, 0.15) is 24.8 Å². The first-order valence-electron chi connectivity index (χ1n) is 5.48. The van der Waals surface area contributed by atoms with Crippen molar-refractivity contribution in [3.8, 4) is 5.75 Å². The molecule has 0 heterocycles. The first kappa shape index (κ1) is 12.2. The molecule has 5 heteroatoms. The number of hydrogen-bond acceptors (Lipinski definition) is 2. The SMILES string of the molecule is COc1c(F)c(F)cc(C2(CN)CCC2)c1F. The molecule has 0 saturated heterocycles. The molecular formula is C12H14F3NO. The minimum Gasteiger partial charge on any atom is -0.491 e. The Kier molecular flexibility index (Phi) is 3.03. The van der Waals surface area contributed by atoms with Crippen molar-refractivity contribution in [3.63, 3.8) is 0 Å². The Bertz CT molecular complexity index is 438. The molecule has 1 saturated carbocycles. The standard InChI is InChI=1S/C12H14F3NO/c1-17-11-9(14)7(5-8(13)10(11)15)12(6-16)3-2-4-12/h5H,2-4,6,16H2,1H3. The second-order valence-electron chi connectivity index (χ2n) is 4.41. The van der Waals surface area contributed by atoms with Crippen LogP contribution in [0.3, 0.4) is 0 Å². The van der Waals surface area contributed by atoms with Gasteiger partial charge in [-0.1, -0.05) is 6.42 Å². The molecule has 0 radical (unpaired) electrons. The van der Waals surface area contributed by atoms with Crippen LogP contribution in [-0.2, 0) is 5.41 Å². The molecule has 1 aromatic rings. The fourth-order valence-corrected chi connectivity index (χ4v) is 2.33. The van der Waals surface area contributed by atoms with Gasteiger partial charge in [-0.15, -0.1) is 0 Å². The molecule has 0 bridgehead atoms. The van der Waals surface area contributed by atoms with Crippen molar-refractivity contribution in [3.05, 3.63) is 29.1 Å². The van der Waals surface area contributed by atoms with Crippen LogP contribution in [-0.4, -0.2) is 13.7 Å². The quantitative estimate of drug-likeness (QED) is 0.830. The molecule has 94 valence electrons. The molecule has 0 spiro atoms. The molecule has 1 aliphatic rings. The number of benzene rings is 1. The summed E-state index contributed by atoms with van der Waals surface area (Å²) in [6.45, 7) is 0.220. The molecule has 0 unspecified atom stereocenters. The predicted molar refractivity (Wildman–Crippen MR) is 57.5 cm³/mol. The van der Waals surface area contributed by atoms with Crippen molar-refractivity contribution < 1.29 is 17.9 Å². The van der Waals surface area contributed by atoms with E-state index >= 15 is 0 Å². The van der Waals surface area contributed by atoms with Crippen molar-refractivity contribution in [2.45, 2.75) is 24.7 Å². The topological polar surface area (TPSA) is 35.2 Å². The average Bonchev–Trinajstić information content (AvgIpc) is 2.25. The molecule has 2 rings (SSSR count). The number of methoxy groups -OCH3 is 1. The van der Waals surface area contributed by atoms with E-state index in [-0.39, 0.29) is 12.1 Å². The van der Waals surface area contributed by atoms with Crippen LogP contribution in [0.15, 0.2) is 6.07 Å². The van der Waals surface area contributed by atoms with Crippen LogP contribution in [0.5, 0.6) is 5.75 Å². The molecule has 2 N–H and O–H groups in total. The fourth-order valence-electron chi connectivity index (χ4n) is 2.33. The third-order valence-electron chi connectivity index (χ3n) is 3.59. The van der Waals surface area contributed by atoms with Gasteiger partial charge in [0, 0.05) is 17.5 Å². The van der Waals surface area contributed by atoms with Gasteiger partial charge in [0.15, 0.2) is 17.4 Å². The first-order chi connectivity index (χ1) is 8.05. The number of rotatable bonds is 3. The van der Waals surface area contributed by atoms with Gasteiger partial charge in [0.1, 0.15) is 0 Å². The molecule has 1 fully saturated rings. The van der Waals surface area contributed by atoms with E-state index in [9.17, 15) is 13.2 Å². The Hall–Kier alpha value is -1.23. The molecule has 0 amide bonds. The van der Waals surface area contributed by atoms with Gasteiger partial charge in [-0.3, -0.25) is 0 Å². The smallest absolute Gasteiger partial charge is 0.203 e. The van der Waals surface area contributed by atoms with Gasteiger partial charge in [-0.25, -0.2) is 8.78 Å². The summed E-state index contributed by atoms with van der Waals surface area (Å²) in [5, 5.41) is 0. The minimum atomic E-state index is -1.29. The first-order valence-corrected chi connectivity index (χ1v) is 5.48. The van der Waals surface area contributed by atoms with Crippen molar-refractivity contribution in [2.75, 3.05) is 13.7 Å². The lowest BCUT2D eigenvalue weighted by Gasteiger charge is -2.41. The van der Waals surface area contributed by atoms with E-state index in [1.54, 1.807) is 0 Å². The van der Waals surface area contributed by atoms with Crippen LogP contribution < -0.4 is 10.5 Å². The second kappa shape index (κ2) is 4.22. The predicted octanol–water partition coefficient (Wildman–Crippen LogP) is 2.49. The Labute approximate surface area is 97.6 Å². The average molecular weight is 245 g/mol. The lowest BCUT2D eigenvalue weighted by Crippen LogP contribution is -2.42. The van der Waals surface area contributed by atoms with Crippen molar-refractivity contribution >= 4 is 0 Å². The lowest BCUT2D eigenvalue weighted by atomic mass is 9.64. The third kappa shape index (κ3) is 1.69. The van der Waals surface area contributed by atoms with E-state index in [1.807, 2.05) is 0 Å². The van der Waals surface area contributed by atoms with Crippen LogP contribution >= 0.6 is 0 Å². The lowest BCUT2D eigenvalue weighted by molar-refractivity contribution is 0.238. The van der Waals surface area contributed by atoms with Crippen molar-refractivity contribution in [2.24, 2.45) is 5.73 Å². The van der Waals surface area contributed by atoms with E-state index in [1.165, 1.54) is 0 Å². The molecule has 2 nitrogen and oxygen atoms in total. The maximum atomic E-state index is 14.0. The minimum absolute atomic E-state index is 0.127. The second-order valence-corrected chi connectivity index (χ2v) is 4.41. The summed E-state index contributed by atoms with van der Waals surface area (Å²) in [5.41, 5.74) is 5.19. The Morgan fingerprint density at radius 2 is 1.94 bits per heavy atom. The van der Waals surface area contributed by atoms with E-state index in [2.05, 4.69) is 4.74 Å². The van der Waals surface area contributed by atoms with E-state index in [4.69, 9.17) is 5.73 Å². The van der Waals surface area contributed by atoms with Crippen LogP contribution in [0.4, 0.5) is 13.2 Å².